The Morgan fingerprint density at radius 1 is 0.682 bits per heavy atom. The molecular weight excluding hydrogens is 312 g/mol. The van der Waals surface area contributed by atoms with Crippen molar-refractivity contribution in [3.8, 4) is 0 Å². The van der Waals surface area contributed by atoms with Crippen LogP contribution in [-0.4, -0.2) is 38.3 Å². The van der Waals surface area contributed by atoms with Gasteiger partial charge in [-0.15, -0.1) is 0 Å². The normalized spacial score (nSPS) is 17.0. The molecule has 0 fully saturated rings. The fourth-order valence-electron chi connectivity index (χ4n) is 2.67. The number of carboxylic acid groups (broad SMARTS) is 2. The minimum absolute atomic E-state index is 0.174. The van der Waals surface area contributed by atoms with E-state index in [-0.39, 0.29) is 10.1 Å². The average molecular weight is 347 g/mol. The number of rotatable bonds is 5. The molecule has 130 valence electrons. The fraction of sp³-hybridized carbons (Fsp3) is 0.875. The minimum atomic E-state index is -2.36. The average Bonchev–Trinajstić information content (AvgIpc) is 2.20. The molecular formula is C16H34O4Si2. The summed E-state index contributed by atoms with van der Waals surface area (Å²) in [6, 6.07) is 0. The molecule has 4 nitrogen and oxygen atoms in total. The van der Waals surface area contributed by atoms with E-state index in [4.69, 9.17) is 0 Å². The van der Waals surface area contributed by atoms with Crippen molar-refractivity contribution in [2.45, 2.75) is 88.9 Å². The Kier molecular flexibility index (Phi) is 5.94. The Hall–Kier alpha value is -0.626. The maximum Gasteiger partial charge on any atom is 0.304 e. The van der Waals surface area contributed by atoms with E-state index in [2.05, 4.69) is 0 Å². The first-order valence-electron chi connectivity index (χ1n) is 7.84. The largest absolute Gasteiger partial charge is 0.481 e. The van der Waals surface area contributed by atoms with Crippen LogP contribution in [0.3, 0.4) is 0 Å². The lowest BCUT2D eigenvalue weighted by molar-refractivity contribution is -0.143. The molecule has 6 heteroatoms. The summed E-state index contributed by atoms with van der Waals surface area (Å²) in [6.45, 7) is 20.3. The maximum atomic E-state index is 12.1. The summed E-state index contributed by atoms with van der Waals surface area (Å²) in [7, 11) is -4.72. The lowest BCUT2D eigenvalue weighted by Gasteiger charge is -2.50. The Bertz CT molecular complexity index is 400. The maximum absolute atomic E-state index is 12.1. The van der Waals surface area contributed by atoms with Gasteiger partial charge in [0, 0.05) is 0 Å². The van der Waals surface area contributed by atoms with Crippen LogP contribution in [-0.2, 0) is 9.59 Å². The number of carboxylic acids is 2. The highest BCUT2D eigenvalue weighted by Gasteiger charge is 2.58. The first kappa shape index (κ1) is 21.4. The summed E-state index contributed by atoms with van der Waals surface area (Å²) in [4.78, 5) is 24.2. The predicted octanol–water partition coefficient (Wildman–Crippen LogP) is 4.91. The monoisotopic (exact) mass is 346 g/mol. The number of carbonyl (C=O) groups is 2. The first-order chi connectivity index (χ1) is 9.39. The summed E-state index contributed by atoms with van der Waals surface area (Å²) in [5.74, 6) is -1.88. The summed E-state index contributed by atoms with van der Waals surface area (Å²) < 4.78 is 0. The quantitative estimate of drug-likeness (QED) is 0.693. The van der Waals surface area contributed by atoms with Gasteiger partial charge in [0.2, 0.25) is 0 Å². The van der Waals surface area contributed by atoms with Crippen molar-refractivity contribution in [1.29, 1.82) is 0 Å². The van der Waals surface area contributed by atoms with Crippen molar-refractivity contribution >= 4 is 28.1 Å². The number of aliphatic carboxylic acids is 2. The van der Waals surface area contributed by atoms with Crippen LogP contribution in [0.25, 0.3) is 0 Å². The Balaban J connectivity index is 6.34. The van der Waals surface area contributed by atoms with Crippen molar-refractivity contribution < 1.29 is 19.8 Å². The Morgan fingerprint density at radius 2 is 0.864 bits per heavy atom. The zero-order valence-corrected chi connectivity index (χ0v) is 17.9. The highest BCUT2D eigenvalue weighted by molar-refractivity contribution is 6.90. The number of hydrogen-bond donors (Lipinski definition) is 2. The van der Waals surface area contributed by atoms with Crippen molar-refractivity contribution in [3.63, 3.8) is 0 Å². The standard InChI is InChI=1S/C16H34O4Si2/c1-15(2,3)21(7,8)11(13(17)18)12(14(19)20)22(9,10)16(4,5)6/h11-12H,1-10H3,(H,17,18)(H,19,20). The first-order valence-corrected chi connectivity index (χ1v) is 14.0. The molecule has 22 heavy (non-hydrogen) atoms. The van der Waals surface area contributed by atoms with Crippen molar-refractivity contribution in [2.24, 2.45) is 0 Å². The molecule has 0 radical (unpaired) electrons. The van der Waals surface area contributed by atoms with Gasteiger partial charge in [-0.3, -0.25) is 9.59 Å². The van der Waals surface area contributed by atoms with E-state index < -0.39 is 39.2 Å². The summed E-state index contributed by atoms with van der Waals surface area (Å²) in [5, 5.41) is 19.5. The van der Waals surface area contributed by atoms with Crippen LogP contribution in [0.4, 0.5) is 0 Å². The van der Waals surface area contributed by atoms with Gasteiger partial charge in [-0.25, -0.2) is 0 Å². The minimum Gasteiger partial charge on any atom is -0.481 e. The zero-order chi connectivity index (χ0) is 18.3. The second kappa shape index (κ2) is 6.11. The topological polar surface area (TPSA) is 74.6 Å². The van der Waals surface area contributed by atoms with Gasteiger partial charge < -0.3 is 10.2 Å². The van der Waals surface area contributed by atoms with Crippen LogP contribution in [0.15, 0.2) is 0 Å². The Labute approximate surface area is 137 Å². The molecule has 0 aromatic rings. The van der Waals surface area contributed by atoms with Gasteiger partial charge in [0.25, 0.3) is 0 Å². The molecule has 0 aliphatic rings. The third-order valence-electron chi connectivity index (χ3n) is 6.29. The van der Waals surface area contributed by atoms with E-state index in [1.165, 1.54) is 0 Å². The van der Waals surface area contributed by atoms with Gasteiger partial charge in [0.05, 0.1) is 27.2 Å². The van der Waals surface area contributed by atoms with Crippen molar-refractivity contribution in [2.75, 3.05) is 0 Å². The molecule has 0 bridgehead atoms. The van der Waals surface area contributed by atoms with E-state index in [1.807, 2.05) is 67.7 Å². The van der Waals surface area contributed by atoms with Crippen LogP contribution in [0.5, 0.6) is 0 Å². The molecule has 0 aliphatic carbocycles. The fourth-order valence-corrected chi connectivity index (χ4v) is 10.2. The number of hydrogen-bond acceptors (Lipinski definition) is 2. The highest BCUT2D eigenvalue weighted by Crippen LogP contribution is 2.55. The molecule has 0 rings (SSSR count). The molecule has 0 heterocycles. The molecule has 0 aromatic carbocycles. The molecule has 0 saturated heterocycles. The Morgan fingerprint density at radius 3 is 0.955 bits per heavy atom. The lowest BCUT2D eigenvalue weighted by atomic mass is 10.2. The molecule has 0 aromatic heterocycles. The summed E-state index contributed by atoms with van der Waals surface area (Å²) in [6.07, 6.45) is 0. The van der Waals surface area contributed by atoms with Gasteiger partial charge in [0.15, 0.2) is 0 Å². The van der Waals surface area contributed by atoms with Gasteiger partial charge in [-0.2, -0.15) is 0 Å². The molecule has 2 unspecified atom stereocenters. The van der Waals surface area contributed by atoms with Crippen LogP contribution in [0, 0.1) is 0 Å². The van der Waals surface area contributed by atoms with Crippen LogP contribution < -0.4 is 0 Å². The molecule has 2 N–H and O–H groups in total. The van der Waals surface area contributed by atoms with E-state index in [1.54, 1.807) is 0 Å². The van der Waals surface area contributed by atoms with Crippen LogP contribution in [0.2, 0.25) is 47.3 Å². The van der Waals surface area contributed by atoms with Crippen molar-refractivity contribution in [3.05, 3.63) is 0 Å². The van der Waals surface area contributed by atoms with E-state index in [0.29, 0.717) is 0 Å². The van der Waals surface area contributed by atoms with Gasteiger partial charge in [0.1, 0.15) is 0 Å². The molecule has 0 amide bonds. The van der Waals surface area contributed by atoms with Gasteiger partial charge in [-0.05, 0) is 10.1 Å². The SMILES string of the molecule is CC(C)(C)[Si](C)(C)C(C(=O)O)C(C(=O)O)[Si](C)(C)C(C)(C)C. The molecule has 2 atom stereocenters. The second-order valence-corrected chi connectivity index (χ2v) is 20.7. The highest BCUT2D eigenvalue weighted by atomic mass is 28.3. The second-order valence-electron chi connectivity index (χ2n) is 9.58. The molecule has 0 saturated carbocycles. The zero-order valence-electron chi connectivity index (χ0n) is 15.9. The lowest BCUT2D eigenvalue weighted by Crippen LogP contribution is -2.56. The van der Waals surface area contributed by atoms with E-state index in [9.17, 15) is 19.8 Å². The van der Waals surface area contributed by atoms with Crippen LogP contribution >= 0.6 is 0 Å². The molecule has 0 aliphatic heterocycles. The van der Waals surface area contributed by atoms with Crippen molar-refractivity contribution in [1.82, 2.24) is 0 Å². The van der Waals surface area contributed by atoms with E-state index in [0.717, 1.165) is 0 Å². The van der Waals surface area contributed by atoms with E-state index >= 15 is 0 Å². The molecule has 0 spiro atoms. The van der Waals surface area contributed by atoms with Gasteiger partial charge in [-0.1, -0.05) is 67.7 Å². The van der Waals surface area contributed by atoms with Gasteiger partial charge >= 0.3 is 11.9 Å². The summed E-state index contributed by atoms with van der Waals surface area (Å²) >= 11 is 0. The third-order valence-corrected chi connectivity index (χ3v) is 18.6. The summed E-state index contributed by atoms with van der Waals surface area (Å²) in [5.41, 5.74) is -1.54. The smallest absolute Gasteiger partial charge is 0.304 e. The predicted molar refractivity (Wildman–Crippen MR) is 97.2 cm³/mol. The third kappa shape index (κ3) is 3.82. The van der Waals surface area contributed by atoms with Crippen LogP contribution in [0.1, 0.15) is 41.5 Å².